The zero-order chi connectivity index (χ0) is 17.8. The fourth-order valence-corrected chi connectivity index (χ4v) is 3.93. The first kappa shape index (κ1) is 17.7. The number of fused-ring (bicyclic) bond motifs is 1. The average Bonchev–Trinajstić information content (AvgIpc) is 2.68. The van der Waals surface area contributed by atoms with Gasteiger partial charge in [-0.25, -0.2) is 0 Å². The quantitative estimate of drug-likeness (QED) is 0.743. The number of hydrogen-bond acceptors (Lipinski definition) is 3. The molecule has 2 aromatic rings. The van der Waals surface area contributed by atoms with E-state index in [2.05, 4.69) is 24.8 Å². The number of methoxy groups -OCH3 is 1. The number of aryl methyl sites for hydroxylation is 1. The van der Waals surface area contributed by atoms with Crippen LogP contribution >= 0.6 is 0 Å². The van der Waals surface area contributed by atoms with Crippen LogP contribution in [0.2, 0.25) is 0 Å². The molecule has 3 heteroatoms. The first-order valence-corrected chi connectivity index (χ1v) is 9.21. The number of ether oxygens (including phenoxy) is 1. The van der Waals surface area contributed by atoms with Crippen LogP contribution in [0.3, 0.4) is 0 Å². The second-order valence-corrected chi connectivity index (χ2v) is 6.62. The highest BCUT2D eigenvalue weighted by molar-refractivity contribution is 6.10. The molecule has 0 spiro atoms. The van der Waals surface area contributed by atoms with Gasteiger partial charge in [0.25, 0.3) is 0 Å². The van der Waals surface area contributed by atoms with E-state index in [0.717, 1.165) is 42.8 Å². The molecule has 0 aliphatic heterocycles. The molecule has 0 radical (unpaired) electrons. The number of likely N-dealkylation sites (N-methyl/N-ethyl adjacent to an activating group) is 1. The predicted molar refractivity (Wildman–Crippen MR) is 102 cm³/mol. The molecule has 0 fully saturated rings. The van der Waals surface area contributed by atoms with Gasteiger partial charge in [0.1, 0.15) is 5.75 Å². The summed E-state index contributed by atoms with van der Waals surface area (Å²) in [4.78, 5) is 15.6. The third-order valence-corrected chi connectivity index (χ3v) is 5.39. The highest BCUT2D eigenvalue weighted by atomic mass is 16.5. The summed E-state index contributed by atoms with van der Waals surface area (Å²) < 4.78 is 5.19. The maximum atomic E-state index is 13.1. The van der Waals surface area contributed by atoms with Gasteiger partial charge >= 0.3 is 0 Å². The van der Waals surface area contributed by atoms with E-state index >= 15 is 0 Å². The number of nitrogens with zero attached hydrogens (tertiary/aromatic N) is 1. The van der Waals surface area contributed by atoms with Crippen LogP contribution in [0, 0.1) is 0 Å². The van der Waals surface area contributed by atoms with Gasteiger partial charge in [0.15, 0.2) is 5.78 Å². The van der Waals surface area contributed by atoms with Crippen molar-refractivity contribution in [1.29, 1.82) is 0 Å². The predicted octanol–water partition coefficient (Wildman–Crippen LogP) is 4.13. The Morgan fingerprint density at radius 1 is 1.12 bits per heavy atom. The van der Waals surface area contributed by atoms with Crippen molar-refractivity contribution < 1.29 is 9.53 Å². The van der Waals surface area contributed by atoms with Crippen LogP contribution in [-0.4, -0.2) is 36.9 Å². The van der Waals surface area contributed by atoms with Gasteiger partial charge in [-0.2, -0.15) is 0 Å². The topological polar surface area (TPSA) is 29.5 Å². The highest BCUT2D eigenvalue weighted by Crippen LogP contribution is 2.29. The zero-order valence-corrected chi connectivity index (χ0v) is 15.4. The summed E-state index contributed by atoms with van der Waals surface area (Å²) >= 11 is 0. The Hall–Kier alpha value is -2.13. The molecule has 1 atom stereocenters. The van der Waals surface area contributed by atoms with E-state index in [4.69, 9.17) is 4.74 Å². The van der Waals surface area contributed by atoms with Gasteiger partial charge in [0, 0.05) is 17.2 Å². The molecule has 132 valence electrons. The van der Waals surface area contributed by atoms with Gasteiger partial charge in [-0.3, -0.25) is 4.79 Å². The standard InChI is InChI=1S/C22H27NO2/c1-4-23(5-2)18-12-9-16-7-6-8-20(21(16)15-18)22(24)17-10-13-19(25-3)14-11-17/h6-8,10-11,13-14,18H,4-5,9,12,15H2,1-3H3. The molecule has 0 bridgehead atoms. The molecule has 0 saturated heterocycles. The minimum atomic E-state index is 0.111. The zero-order valence-electron chi connectivity index (χ0n) is 15.4. The van der Waals surface area contributed by atoms with E-state index in [1.807, 2.05) is 36.4 Å². The van der Waals surface area contributed by atoms with Crippen molar-refractivity contribution in [3.05, 3.63) is 64.7 Å². The number of benzene rings is 2. The molecular formula is C22H27NO2. The molecule has 0 saturated carbocycles. The van der Waals surface area contributed by atoms with Gasteiger partial charge in [0.2, 0.25) is 0 Å². The van der Waals surface area contributed by atoms with Crippen LogP contribution in [0.1, 0.15) is 47.3 Å². The number of rotatable bonds is 6. The Bertz CT molecular complexity index is 732. The van der Waals surface area contributed by atoms with Crippen molar-refractivity contribution in [2.75, 3.05) is 20.2 Å². The lowest BCUT2D eigenvalue weighted by atomic mass is 9.83. The lowest BCUT2D eigenvalue weighted by Gasteiger charge is -2.34. The molecule has 0 heterocycles. The average molecular weight is 337 g/mol. The molecule has 1 unspecified atom stereocenters. The third-order valence-electron chi connectivity index (χ3n) is 5.39. The molecule has 25 heavy (non-hydrogen) atoms. The van der Waals surface area contributed by atoms with E-state index in [9.17, 15) is 4.79 Å². The van der Waals surface area contributed by atoms with Gasteiger partial charge in [-0.1, -0.05) is 32.0 Å². The van der Waals surface area contributed by atoms with E-state index < -0.39 is 0 Å². The van der Waals surface area contributed by atoms with Crippen LogP contribution in [0.25, 0.3) is 0 Å². The lowest BCUT2D eigenvalue weighted by molar-refractivity contribution is 0.103. The molecule has 0 aromatic heterocycles. The van der Waals surface area contributed by atoms with Crippen LogP contribution in [-0.2, 0) is 12.8 Å². The Morgan fingerprint density at radius 2 is 1.84 bits per heavy atom. The number of hydrogen-bond donors (Lipinski definition) is 0. The van der Waals surface area contributed by atoms with Crippen LogP contribution < -0.4 is 4.74 Å². The maximum Gasteiger partial charge on any atom is 0.193 e. The SMILES string of the molecule is CCN(CC)C1CCc2cccc(C(=O)c3ccc(OC)cc3)c2C1. The van der Waals surface area contributed by atoms with Crippen molar-refractivity contribution in [2.24, 2.45) is 0 Å². The first-order valence-electron chi connectivity index (χ1n) is 9.21. The first-order chi connectivity index (χ1) is 12.2. The van der Waals surface area contributed by atoms with Crippen molar-refractivity contribution in [1.82, 2.24) is 4.90 Å². The molecule has 3 rings (SSSR count). The van der Waals surface area contributed by atoms with Crippen molar-refractivity contribution in [3.63, 3.8) is 0 Å². The van der Waals surface area contributed by atoms with Crippen molar-refractivity contribution >= 4 is 5.78 Å². The fraction of sp³-hybridized carbons (Fsp3) is 0.409. The monoisotopic (exact) mass is 337 g/mol. The van der Waals surface area contributed by atoms with Crippen LogP contribution in [0.5, 0.6) is 5.75 Å². The molecule has 0 amide bonds. The minimum absolute atomic E-state index is 0.111. The van der Waals surface area contributed by atoms with E-state index in [0.29, 0.717) is 6.04 Å². The minimum Gasteiger partial charge on any atom is -0.497 e. The number of carbonyl (C=O) groups is 1. The summed E-state index contributed by atoms with van der Waals surface area (Å²) in [6.45, 7) is 6.55. The van der Waals surface area contributed by atoms with Crippen LogP contribution in [0.4, 0.5) is 0 Å². The van der Waals surface area contributed by atoms with E-state index in [1.54, 1.807) is 7.11 Å². The summed E-state index contributed by atoms with van der Waals surface area (Å²) in [6.07, 6.45) is 3.20. The lowest BCUT2D eigenvalue weighted by Crippen LogP contribution is -2.39. The van der Waals surface area contributed by atoms with Gasteiger partial charge in [-0.05, 0) is 67.7 Å². The molecule has 1 aliphatic rings. The molecular weight excluding hydrogens is 310 g/mol. The van der Waals surface area contributed by atoms with Crippen molar-refractivity contribution in [2.45, 2.75) is 39.2 Å². The second kappa shape index (κ2) is 7.83. The third kappa shape index (κ3) is 3.62. The fourth-order valence-electron chi connectivity index (χ4n) is 3.93. The Balaban J connectivity index is 1.91. The van der Waals surface area contributed by atoms with Gasteiger partial charge in [-0.15, -0.1) is 0 Å². The molecule has 2 aromatic carbocycles. The Morgan fingerprint density at radius 3 is 2.48 bits per heavy atom. The van der Waals surface area contributed by atoms with Gasteiger partial charge in [0.05, 0.1) is 7.11 Å². The summed E-state index contributed by atoms with van der Waals surface area (Å²) in [5, 5.41) is 0. The summed E-state index contributed by atoms with van der Waals surface area (Å²) in [5.74, 6) is 0.882. The maximum absolute atomic E-state index is 13.1. The summed E-state index contributed by atoms with van der Waals surface area (Å²) in [6, 6.07) is 14.1. The molecule has 3 nitrogen and oxygen atoms in total. The largest absolute Gasteiger partial charge is 0.497 e. The molecule has 0 N–H and O–H groups in total. The van der Waals surface area contributed by atoms with E-state index in [-0.39, 0.29) is 5.78 Å². The smallest absolute Gasteiger partial charge is 0.193 e. The van der Waals surface area contributed by atoms with Gasteiger partial charge < -0.3 is 9.64 Å². The van der Waals surface area contributed by atoms with Crippen molar-refractivity contribution in [3.8, 4) is 5.75 Å². The van der Waals surface area contributed by atoms with E-state index in [1.165, 1.54) is 17.5 Å². The number of carbonyl (C=O) groups excluding carboxylic acids is 1. The Labute approximate surface area is 150 Å². The second-order valence-electron chi connectivity index (χ2n) is 6.62. The number of ketones is 1. The van der Waals surface area contributed by atoms with Crippen LogP contribution in [0.15, 0.2) is 42.5 Å². The normalized spacial score (nSPS) is 16.6. The Kier molecular flexibility index (Phi) is 5.54. The summed E-state index contributed by atoms with van der Waals surface area (Å²) in [7, 11) is 1.64. The highest BCUT2D eigenvalue weighted by Gasteiger charge is 2.26. The summed E-state index contributed by atoms with van der Waals surface area (Å²) in [5.41, 5.74) is 4.16. The molecule has 1 aliphatic carbocycles.